The minimum Gasteiger partial charge on any atom is -0.342 e. The van der Waals surface area contributed by atoms with E-state index < -0.39 is 0 Å². The fourth-order valence-electron chi connectivity index (χ4n) is 4.06. The van der Waals surface area contributed by atoms with Gasteiger partial charge in [-0.25, -0.2) is 4.98 Å². The van der Waals surface area contributed by atoms with Gasteiger partial charge in [-0.3, -0.25) is 9.59 Å². The van der Waals surface area contributed by atoms with Crippen molar-refractivity contribution in [3.8, 4) is 11.1 Å². The van der Waals surface area contributed by atoms with Gasteiger partial charge in [-0.1, -0.05) is 54.6 Å². The number of aromatic nitrogens is 1. The van der Waals surface area contributed by atoms with Crippen LogP contribution in [0, 0.1) is 12.8 Å². The zero-order valence-corrected chi connectivity index (χ0v) is 18.0. The number of Topliss-reactive ketones (excluding diaryl/α,β-unsaturated/α-hetero) is 1. The molecule has 1 saturated heterocycles. The van der Waals surface area contributed by atoms with E-state index in [0.717, 1.165) is 48.2 Å². The second-order valence-corrected chi connectivity index (χ2v) is 8.79. The Morgan fingerprint density at radius 3 is 2.50 bits per heavy atom. The topological polar surface area (TPSA) is 50.3 Å². The maximum atomic E-state index is 13.1. The number of benzene rings is 2. The molecule has 1 aliphatic rings. The summed E-state index contributed by atoms with van der Waals surface area (Å²) in [5, 5.41) is 0. The van der Waals surface area contributed by atoms with Gasteiger partial charge in [0.2, 0.25) is 5.91 Å². The third kappa shape index (κ3) is 4.68. The zero-order valence-electron chi connectivity index (χ0n) is 17.2. The van der Waals surface area contributed by atoms with Crippen molar-refractivity contribution >= 4 is 23.0 Å². The first-order valence-electron chi connectivity index (χ1n) is 10.5. The van der Waals surface area contributed by atoms with Crippen LogP contribution >= 0.6 is 11.3 Å². The Morgan fingerprint density at radius 2 is 1.80 bits per heavy atom. The van der Waals surface area contributed by atoms with E-state index in [1.54, 1.807) is 11.3 Å². The summed E-state index contributed by atoms with van der Waals surface area (Å²) in [7, 11) is 0. The smallest absolute Gasteiger partial charge is 0.222 e. The van der Waals surface area contributed by atoms with E-state index in [0.29, 0.717) is 13.0 Å². The van der Waals surface area contributed by atoms with Crippen LogP contribution in [0.15, 0.2) is 60.1 Å². The highest BCUT2D eigenvalue weighted by Crippen LogP contribution is 2.25. The second-order valence-electron chi connectivity index (χ2n) is 7.85. The van der Waals surface area contributed by atoms with Crippen molar-refractivity contribution in [1.82, 2.24) is 9.88 Å². The average Bonchev–Trinajstić information content (AvgIpc) is 3.22. The number of thiazole rings is 1. The first kappa shape index (κ1) is 20.5. The Morgan fingerprint density at radius 1 is 1.07 bits per heavy atom. The number of hydrogen-bond acceptors (Lipinski definition) is 4. The van der Waals surface area contributed by atoms with E-state index in [9.17, 15) is 9.59 Å². The van der Waals surface area contributed by atoms with Crippen LogP contribution < -0.4 is 0 Å². The standard InChI is InChI=1S/C25H26N2O2S/c1-18-23(30-17-26-18)13-14-24(28)27-15-5-8-22(16-27)25(29)21-11-9-20(10-12-21)19-6-3-2-4-7-19/h2-4,6-7,9-12,17,22H,5,8,13-16H2,1H3. The summed E-state index contributed by atoms with van der Waals surface area (Å²) in [6, 6.07) is 18.0. The maximum Gasteiger partial charge on any atom is 0.222 e. The lowest BCUT2D eigenvalue weighted by Crippen LogP contribution is -2.42. The molecule has 1 unspecified atom stereocenters. The van der Waals surface area contributed by atoms with Crippen LogP contribution in [0.3, 0.4) is 0 Å². The van der Waals surface area contributed by atoms with Crippen LogP contribution in [0.1, 0.15) is 40.2 Å². The van der Waals surface area contributed by atoms with E-state index in [-0.39, 0.29) is 17.6 Å². The molecule has 0 bridgehead atoms. The highest BCUT2D eigenvalue weighted by atomic mass is 32.1. The Kier molecular flexibility index (Phi) is 6.38. The highest BCUT2D eigenvalue weighted by Gasteiger charge is 2.29. The van der Waals surface area contributed by atoms with Crippen LogP contribution in [-0.2, 0) is 11.2 Å². The quantitative estimate of drug-likeness (QED) is 0.519. The van der Waals surface area contributed by atoms with Gasteiger partial charge in [-0.15, -0.1) is 11.3 Å². The molecule has 154 valence electrons. The first-order chi connectivity index (χ1) is 14.6. The predicted octanol–water partition coefficient (Wildman–Crippen LogP) is 5.17. The highest BCUT2D eigenvalue weighted by molar-refractivity contribution is 7.09. The number of ketones is 1. The molecule has 2 aromatic carbocycles. The van der Waals surface area contributed by atoms with Crippen molar-refractivity contribution in [1.29, 1.82) is 0 Å². The van der Waals surface area contributed by atoms with Crippen LogP contribution in [-0.4, -0.2) is 34.7 Å². The van der Waals surface area contributed by atoms with E-state index >= 15 is 0 Å². The summed E-state index contributed by atoms with van der Waals surface area (Å²) in [6.45, 7) is 3.26. The number of carbonyl (C=O) groups excluding carboxylic acids is 2. The average molecular weight is 419 g/mol. The zero-order chi connectivity index (χ0) is 20.9. The van der Waals surface area contributed by atoms with E-state index in [4.69, 9.17) is 0 Å². The molecule has 3 aromatic rings. The maximum absolute atomic E-state index is 13.1. The summed E-state index contributed by atoms with van der Waals surface area (Å²) < 4.78 is 0. The fraction of sp³-hybridized carbons (Fsp3) is 0.320. The summed E-state index contributed by atoms with van der Waals surface area (Å²) in [5.74, 6) is 0.167. The van der Waals surface area contributed by atoms with Gasteiger partial charge in [0.1, 0.15) is 0 Å². The van der Waals surface area contributed by atoms with Gasteiger partial charge in [0, 0.05) is 35.9 Å². The lowest BCUT2D eigenvalue weighted by atomic mass is 9.89. The molecule has 0 radical (unpaired) electrons. The van der Waals surface area contributed by atoms with Crippen molar-refractivity contribution in [2.24, 2.45) is 5.92 Å². The molecular weight excluding hydrogens is 392 g/mol. The Hall–Kier alpha value is -2.79. The molecule has 0 aliphatic carbocycles. The number of amides is 1. The minimum absolute atomic E-state index is 0.115. The van der Waals surface area contributed by atoms with Crippen molar-refractivity contribution in [3.05, 3.63) is 76.2 Å². The summed E-state index contributed by atoms with van der Waals surface area (Å²) >= 11 is 1.60. The number of aryl methyl sites for hydroxylation is 2. The van der Waals surface area contributed by atoms with Crippen molar-refractivity contribution < 1.29 is 9.59 Å². The van der Waals surface area contributed by atoms with Gasteiger partial charge in [-0.2, -0.15) is 0 Å². The first-order valence-corrected chi connectivity index (χ1v) is 11.4. The third-order valence-electron chi connectivity index (χ3n) is 5.83. The van der Waals surface area contributed by atoms with E-state index in [1.165, 1.54) is 4.88 Å². The molecule has 4 nitrogen and oxygen atoms in total. The van der Waals surface area contributed by atoms with Gasteiger partial charge in [-0.05, 0) is 37.3 Å². The monoisotopic (exact) mass is 418 g/mol. The molecule has 1 amide bonds. The lowest BCUT2D eigenvalue weighted by molar-refractivity contribution is -0.132. The molecule has 0 spiro atoms. The number of hydrogen-bond donors (Lipinski definition) is 0. The van der Waals surface area contributed by atoms with E-state index in [1.807, 2.05) is 59.8 Å². The molecule has 30 heavy (non-hydrogen) atoms. The normalized spacial score (nSPS) is 16.4. The van der Waals surface area contributed by atoms with Gasteiger partial charge in [0.25, 0.3) is 0 Å². The molecule has 2 heterocycles. The molecule has 1 atom stereocenters. The SMILES string of the molecule is Cc1ncsc1CCC(=O)N1CCCC(C(=O)c2ccc(-c3ccccc3)cc2)C1. The van der Waals surface area contributed by atoms with Gasteiger partial charge in [0.15, 0.2) is 5.78 Å². The van der Waals surface area contributed by atoms with Crippen LogP contribution in [0.4, 0.5) is 0 Å². The summed E-state index contributed by atoms with van der Waals surface area (Å²) in [5.41, 5.74) is 5.81. The molecule has 4 rings (SSSR count). The molecule has 5 heteroatoms. The van der Waals surface area contributed by atoms with Crippen LogP contribution in [0.5, 0.6) is 0 Å². The number of nitrogens with zero attached hydrogens (tertiary/aromatic N) is 2. The minimum atomic E-state index is -0.115. The number of likely N-dealkylation sites (tertiary alicyclic amines) is 1. The fourth-order valence-corrected chi connectivity index (χ4v) is 4.84. The largest absolute Gasteiger partial charge is 0.342 e. The lowest BCUT2D eigenvalue weighted by Gasteiger charge is -2.32. The summed E-state index contributed by atoms with van der Waals surface area (Å²) in [6.07, 6.45) is 2.93. The molecule has 0 N–H and O–H groups in total. The van der Waals surface area contributed by atoms with Crippen LogP contribution in [0.2, 0.25) is 0 Å². The van der Waals surface area contributed by atoms with Gasteiger partial charge in [0.05, 0.1) is 11.2 Å². The predicted molar refractivity (Wildman–Crippen MR) is 121 cm³/mol. The molecule has 0 saturated carbocycles. The van der Waals surface area contributed by atoms with Gasteiger partial charge >= 0.3 is 0 Å². The number of rotatable bonds is 6. The molecule has 1 aliphatic heterocycles. The van der Waals surface area contributed by atoms with Gasteiger partial charge < -0.3 is 4.90 Å². The number of piperidine rings is 1. The Labute approximate surface area is 181 Å². The second kappa shape index (κ2) is 9.35. The van der Waals surface area contributed by atoms with Crippen molar-refractivity contribution in [2.45, 2.75) is 32.6 Å². The number of carbonyl (C=O) groups is 2. The van der Waals surface area contributed by atoms with Crippen LogP contribution in [0.25, 0.3) is 11.1 Å². The molecular formula is C25H26N2O2S. The van der Waals surface area contributed by atoms with Crippen molar-refractivity contribution in [2.75, 3.05) is 13.1 Å². The summed E-state index contributed by atoms with van der Waals surface area (Å²) in [4.78, 5) is 33.1. The molecule has 1 fully saturated rings. The molecule has 1 aromatic heterocycles. The van der Waals surface area contributed by atoms with E-state index in [2.05, 4.69) is 17.1 Å². The Bertz CT molecular complexity index is 1010. The Balaban J connectivity index is 1.37. The third-order valence-corrected chi connectivity index (χ3v) is 6.83. The van der Waals surface area contributed by atoms with Crippen molar-refractivity contribution in [3.63, 3.8) is 0 Å².